The molecule has 0 N–H and O–H groups in total. The number of hydrogen-bond acceptors (Lipinski definition) is 2. The van der Waals surface area contributed by atoms with Gasteiger partial charge in [0.2, 0.25) is 0 Å². The third-order valence-corrected chi connectivity index (χ3v) is 5.39. The Balaban J connectivity index is 1.87. The number of imidazole rings is 1. The second kappa shape index (κ2) is 9.07. The summed E-state index contributed by atoms with van der Waals surface area (Å²) in [5.41, 5.74) is 5.80. The zero-order valence-corrected chi connectivity index (χ0v) is 16.6. The first kappa shape index (κ1) is 18.8. The lowest BCUT2D eigenvalue weighted by Crippen LogP contribution is -2.09. The van der Waals surface area contributed by atoms with E-state index in [0.29, 0.717) is 0 Å². The topological polar surface area (TPSA) is 27.1 Å². The van der Waals surface area contributed by atoms with Crippen molar-refractivity contribution in [3.05, 3.63) is 52.6 Å². The first-order chi connectivity index (χ1) is 12.7. The van der Waals surface area contributed by atoms with Gasteiger partial charge in [-0.3, -0.25) is 0 Å². The minimum Gasteiger partial charge on any atom is -0.493 e. The van der Waals surface area contributed by atoms with Crippen LogP contribution in [-0.4, -0.2) is 16.2 Å². The van der Waals surface area contributed by atoms with Crippen molar-refractivity contribution in [2.24, 2.45) is 0 Å². The lowest BCUT2D eigenvalue weighted by atomic mass is 9.86. The highest BCUT2D eigenvalue weighted by Gasteiger charge is 2.17. The molecular formula is C23H32N2O. The van der Waals surface area contributed by atoms with Gasteiger partial charge in [-0.05, 0) is 68.2 Å². The van der Waals surface area contributed by atoms with Crippen LogP contribution >= 0.6 is 0 Å². The van der Waals surface area contributed by atoms with Crippen LogP contribution in [0.5, 0.6) is 5.75 Å². The van der Waals surface area contributed by atoms with Crippen molar-refractivity contribution < 1.29 is 4.74 Å². The van der Waals surface area contributed by atoms with Crippen LogP contribution in [0.4, 0.5) is 0 Å². The monoisotopic (exact) mass is 352 g/mol. The summed E-state index contributed by atoms with van der Waals surface area (Å²) in [5.74, 6) is 2.19. The van der Waals surface area contributed by atoms with Gasteiger partial charge in [-0.1, -0.05) is 38.0 Å². The number of ether oxygens (including phenoxy) is 1. The second-order valence-electron chi connectivity index (χ2n) is 7.28. The molecular weight excluding hydrogens is 320 g/mol. The van der Waals surface area contributed by atoms with Gasteiger partial charge in [0.1, 0.15) is 11.6 Å². The van der Waals surface area contributed by atoms with Crippen LogP contribution in [0, 0.1) is 6.92 Å². The van der Waals surface area contributed by atoms with Gasteiger partial charge in [-0.25, -0.2) is 4.98 Å². The van der Waals surface area contributed by atoms with Crippen molar-refractivity contribution >= 4 is 6.08 Å². The van der Waals surface area contributed by atoms with Gasteiger partial charge in [0, 0.05) is 18.9 Å². The van der Waals surface area contributed by atoms with Gasteiger partial charge in [-0.2, -0.15) is 0 Å². The second-order valence-corrected chi connectivity index (χ2v) is 7.28. The molecule has 0 radical (unpaired) electrons. The summed E-state index contributed by atoms with van der Waals surface area (Å²) in [6.07, 6.45) is 14.6. The molecule has 0 atom stereocenters. The van der Waals surface area contributed by atoms with Crippen LogP contribution in [-0.2, 0) is 19.4 Å². The van der Waals surface area contributed by atoms with Crippen molar-refractivity contribution in [3.63, 3.8) is 0 Å². The summed E-state index contributed by atoms with van der Waals surface area (Å²) < 4.78 is 8.33. The summed E-state index contributed by atoms with van der Waals surface area (Å²) in [5, 5.41) is 0. The first-order valence-electron chi connectivity index (χ1n) is 10.2. The zero-order chi connectivity index (χ0) is 18.4. The molecule has 0 saturated carbocycles. The highest BCUT2D eigenvalue weighted by atomic mass is 16.5. The fourth-order valence-corrected chi connectivity index (χ4v) is 3.73. The first-order valence-corrected chi connectivity index (χ1v) is 10.2. The molecule has 0 fully saturated rings. The van der Waals surface area contributed by atoms with Crippen molar-refractivity contribution in [2.75, 3.05) is 6.61 Å². The van der Waals surface area contributed by atoms with E-state index in [0.717, 1.165) is 44.0 Å². The van der Waals surface area contributed by atoms with E-state index in [-0.39, 0.29) is 0 Å². The lowest BCUT2D eigenvalue weighted by Gasteiger charge is -2.22. The van der Waals surface area contributed by atoms with E-state index in [1.54, 1.807) is 0 Å². The van der Waals surface area contributed by atoms with E-state index in [4.69, 9.17) is 4.74 Å². The number of benzene rings is 1. The van der Waals surface area contributed by atoms with Crippen LogP contribution in [0.1, 0.15) is 68.5 Å². The van der Waals surface area contributed by atoms with Gasteiger partial charge in [0.05, 0.1) is 6.61 Å². The van der Waals surface area contributed by atoms with E-state index < -0.39 is 0 Å². The predicted octanol–water partition coefficient (Wildman–Crippen LogP) is 5.74. The number of unbranched alkanes of at least 4 members (excludes halogenated alkanes) is 1. The maximum absolute atomic E-state index is 6.10. The van der Waals surface area contributed by atoms with Crippen LogP contribution in [0.2, 0.25) is 0 Å². The normalized spacial score (nSPS) is 14.3. The largest absolute Gasteiger partial charge is 0.493 e. The third kappa shape index (κ3) is 4.38. The van der Waals surface area contributed by atoms with Crippen molar-refractivity contribution in [1.29, 1.82) is 0 Å². The molecule has 2 aromatic rings. The Hall–Kier alpha value is -2.03. The number of aryl methyl sites for hydroxylation is 1. The third-order valence-electron chi connectivity index (χ3n) is 5.39. The molecule has 0 bridgehead atoms. The van der Waals surface area contributed by atoms with Gasteiger partial charge >= 0.3 is 0 Å². The summed E-state index contributed by atoms with van der Waals surface area (Å²) in [7, 11) is 0. The molecule has 0 amide bonds. The molecule has 26 heavy (non-hydrogen) atoms. The average Bonchev–Trinajstić information content (AvgIpc) is 3.07. The Labute approximate surface area is 158 Å². The quantitative estimate of drug-likeness (QED) is 0.566. The Kier molecular flexibility index (Phi) is 6.54. The number of fused-ring (bicyclic) bond motifs is 1. The number of aromatic nitrogens is 2. The summed E-state index contributed by atoms with van der Waals surface area (Å²) >= 11 is 0. The molecule has 0 saturated heterocycles. The smallest absolute Gasteiger partial charge is 0.122 e. The standard InChI is InChI=1S/C23H32N2O/c1-4-6-15-26-23-12-11-20(21-9-7-8-10-22(21)23)16-19(5-2)17-25-14-13-24-18(25)3/h11-14,16H,4-10,15,17H2,1-3H3/b19-16-. The summed E-state index contributed by atoms with van der Waals surface area (Å²) in [4.78, 5) is 4.35. The lowest BCUT2D eigenvalue weighted by molar-refractivity contribution is 0.305. The molecule has 1 aromatic carbocycles. The fourth-order valence-electron chi connectivity index (χ4n) is 3.73. The molecule has 3 nitrogen and oxygen atoms in total. The van der Waals surface area contributed by atoms with Crippen LogP contribution in [0.25, 0.3) is 6.08 Å². The molecule has 0 aliphatic heterocycles. The molecule has 1 aliphatic carbocycles. The van der Waals surface area contributed by atoms with Crippen LogP contribution < -0.4 is 4.74 Å². The molecule has 3 heteroatoms. The van der Waals surface area contributed by atoms with Gasteiger partial charge in [-0.15, -0.1) is 0 Å². The molecule has 140 valence electrons. The molecule has 1 aromatic heterocycles. The average molecular weight is 353 g/mol. The predicted molar refractivity (Wildman–Crippen MR) is 109 cm³/mol. The SMILES string of the molecule is CCCCOc1ccc(/C=C(/CC)Cn2ccnc2C)c2c1CCCC2. The molecule has 1 aliphatic rings. The fraction of sp³-hybridized carbons (Fsp3) is 0.522. The Morgan fingerprint density at radius 3 is 2.69 bits per heavy atom. The van der Waals surface area contributed by atoms with E-state index in [1.165, 1.54) is 47.9 Å². The number of nitrogens with zero attached hydrogens (tertiary/aromatic N) is 2. The zero-order valence-electron chi connectivity index (χ0n) is 16.6. The Bertz CT molecular complexity index is 758. The van der Waals surface area contributed by atoms with Gasteiger partial charge < -0.3 is 9.30 Å². The molecule has 0 spiro atoms. The van der Waals surface area contributed by atoms with E-state index >= 15 is 0 Å². The number of rotatable bonds is 8. The van der Waals surface area contributed by atoms with Crippen LogP contribution in [0.3, 0.4) is 0 Å². The highest BCUT2D eigenvalue weighted by Crippen LogP contribution is 2.33. The Morgan fingerprint density at radius 1 is 1.19 bits per heavy atom. The number of allylic oxidation sites excluding steroid dienone is 1. The maximum Gasteiger partial charge on any atom is 0.122 e. The molecule has 1 heterocycles. The van der Waals surface area contributed by atoms with E-state index in [2.05, 4.69) is 54.7 Å². The highest BCUT2D eigenvalue weighted by molar-refractivity contribution is 5.62. The molecule has 0 unspecified atom stereocenters. The summed E-state index contributed by atoms with van der Waals surface area (Å²) in [6, 6.07) is 4.46. The van der Waals surface area contributed by atoms with Gasteiger partial charge in [0.25, 0.3) is 0 Å². The summed E-state index contributed by atoms with van der Waals surface area (Å²) in [6.45, 7) is 8.27. The van der Waals surface area contributed by atoms with Crippen LogP contribution in [0.15, 0.2) is 30.1 Å². The minimum atomic E-state index is 0.832. The minimum absolute atomic E-state index is 0.832. The van der Waals surface area contributed by atoms with Crippen molar-refractivity contribution in [1.82, 2.24) is 9.55 Å². The number of hydrogen-bond donors (Lipinski definition) is 0. The maximum atomic E-state index is 6.10. The molecule has 3 rings (SSSR count). The van der Waals surface area contributed by atoms with E-state index in [1.807, 2.05) is 6.20 Å². The van der Waals surface area contributed by atoms with E-state index in [9.17, 15) is 0 Å². The van der Waals surface area contributed by atoms with Gasteiger partial charge in [0.15, 0.2) is 0 Å². The van der Waals surface area contributed by atoms with Crippen molar-refractivity contribution in [2.45, 2.75) is 72.3 Å². The Morgan fingerprint density at radius 2 is 2.00 bits per heavy atom. The van der Waals surface area contributed by atoms with Crippen molar-refractivity contribution in [3.8, 4) is 5.75 Å².